The number of carbonyl (C=O) groups excluding carboxylic acids is 2. The molecule has 0 aliphatic carbocycles. The number of hydrogen-bond acceptors (Lipinski definition) is 5. The largest absolute Gasteiger partial charge is 0.464 e. The van der Waals surface area contributed by atoms with Crippen molar-refractivity contribution in [1.82, 2.24) is 0 Å². The number of nitrogens with zero attached hydrogens (tertiary/aromatic N) is 1. The van der Waals surface area contributed by atoms with Gasteiger partial charge in [0.25, 0.3) is 0 Å². The summed E-state index contributed by atoms with van der Waals surface area (Å²) in [7, 11) is 0. The molecule has 1 unspecified atom stereocenters. The van der Waals surface area contributed by atoms with Gasteiger partial charge in [-0.15, -0.1) is 0 Å². The molecule has 0 aromatic carbocycles. The number of rotatable bonds is 8. The molecule has 0 spiro atoms. The molecule has 0 aliphatic heterocycles. The van der Waals surface area contributed by atoms with Gasteiger partial charge in [0.15, 0.2) is 6.10 Å². The summed E-state index contributed by atoms with van der Waals surface area (Å²) < 4.78 is 45.4. The van der Waals surface area contributed by atoms with E-state index in [2.05, 4.69) is 4.99 Å². The zero-order chi connectivity index (χ0) is 14.9. The predicted octanol–water partition coefficient (Wildman–Crippen LogP) is 1.55. The highest BCUT2D eigenvalue weighted by Crippen LogP contribution is 2.16. The lowest BCUT2D eigenvalue weighted by atomic mass is 10.3. The maximum atomic E-state index is 11.9. The van der Waals surface area contributed by atoms with Gasteiger partial charge >= 0.3 is 12.1 Å². The summed E-state index contributed by atoms with van der Waals surface area (Å²) in [5, 5.41) is 0. The van der Waals surface area contributed by atoms with Crippen molar-refractivity contribution in [1.29, 1.82) is 0 Å². The number of esters is 1. The molecule has 0 radical (unpaired) electrons. The zero-order valence-electron chi connectivity index (χ0n) is 10.7. The molecule has 0 amide bonds. The maximum absolute atomic E-state index is 11.9. The average Bonchev–Trinajstić information content (AvgIpc) is 2.31. The van der Waals surface area contributed by atoms with E-state index in [1.807, 2.05) is 0 Å². The van der Waals surface area contributed by atoms with Crippen LogP contribution in [0.3, 0.4) is 0 Å². The zero-order valence-corrected chi connectivity index (χ0v) is 10.7. The van der Waals surface area contributed by atoms with Crippen LogP contribution >= 0.6 is 0 Å². The maximum Gasteiger partial charge on any atom is 0.450 e. The topological polar surface area (TPSA) is 65.0 Å². The number of hydrogen-bond donors (Lipinski definition) is 0. The van der Waals surface area contributed by atoms with Gasteiger partial charge in [0, 0.05) is 12.8 Å². The second-order valence-electron chi connectivity index (χ2n) is 3.37. The van der Waals surface area contributed by atoms with Crippen molar-refractivity contribution >= 4 is 18.0 Å². The number of alkyl halides is 3. The van der Waals surface area contributed by atoms with Gasteiger partial charge in [-0.1, -0.05) is 0 Å². The Morgan fingerprint density at radius 3 is 2.37 bits per heavy atom. The second-order valence-corrected chi connectivity index (χ2v) is 3.37. The van der Waals surface area contributed by atoms with Gasteiger partial charge in [0.05, 0.1) is 19.6 Å². The van der Waals surface area contributed by atoms with E-state index in [9.17, 15) is 22.8 Å². The normalized spacial score (nSPS) is 13.5. The molecule has 19 heavy (non-hydrogen) atoms. The molecule has 0 aromatic rings. The number of ether oxygens (including phenoxy) is 2. The van der Waals surface area contributed by atoms with E-state index in [0.29, 0.717) is 0 Å². The van der Waals surface area contributed by atoms with Crippen molar-refractivity contribution in [3.05, 3.63) is 0 Å². The number of halogens is 3. The van der Waals surface area contributed by atoms with Crippen molar-refractivity contribution in [2.75, 3.05) is 19.8 Å². The SMILES string of the molecule is CCOC(=O)C(CN=CCC(=O)C(F)(F)F)OCC. The highest BCUT2D eigenvalue weighted by atomic mass is 19.4. The second kappa shape index (κ2) is 8.63. The number of aliphatic imine (C=N–C) groups is 1. The predicted molar refractivity (Wildman–Crippen MR) is 61.1 cm³/mol. The summed E-state index contributed by atoms with van der Waals surface area (Å²) >= 11 is 0. The molecule has 110 valence electrons. The highest BCUT2D eigenvalue weighted by molar-refractivity contribution is 5.95. The first-order chi connectivity index (χ1) is 8.82. The molecule has 0 rings (SSSR count). The Hall–Kier alpha value is -1.44. The summed E-state index contributed by atoms with van der Waals surface area (Å²) in [5.74, 6) is -2.52. The van der Waals surface area contributed by atoms with Crippen molar-refractivity contribution in [2.45, 2.75) is 32.5 Å². The van der Waals surface area contributed by atoms with Crippen LogP contribution in [0.5, 0.6) is 0 Å². The highest BCUT2D eigenvalue weighted by Gasteiger charge is 2.36. The average molecular weight is 283 g/mol. The van der Waals surface area contributed by atoms with Crippen LogP contribution in [0.25, 0.3) is 0 Å². The van der Waals surface area contributed by atoms with Gasteiger partial charge in [-0.25, -0.2) is 4.79 Å². The first-order valence-corrected chi connectivity index (χ1v) is 5.69. The van der Waals surface area contributed by atoms with E-state index in [0.717, 1.165) is 6.21 Å². The number of carbonyl (C=O) groups is 2. The lowest BCUT2D eigenvalue weighted by molar-refractivity contribution is -0.169. The van der Waals surface area contributed by atoms with E-state index in [-0.39, 0.29) is 19.8 Å². The van der Waals surface area contributed by atoms with Gasteiger partial charge in [-0.05, 0) is 13.8 Å². The molecule has 1 atom stereocenters. The van der Waals surface area contributed by atoms with Crippen LogP contribution in [-0.2, 0) is 19.1 Å². The Kier molecular flexibility index (Phi) is 7.97. The van der Waals surface area contributed by atoms with Crippen LogP contribution in [0.15, 0.2) is 4.99 Å². The molecule has 0 N–H and O–H groups in total. The third kappa shape index (κ3) is 7.55. The fraction of sp³-hybridized carbons (Fsp3) is 0.727. The Morgan fingerprint density at radius 2 is 1.89 bits per heavy atom. The van der Waals surface area contributed by atoms with Gasteiger partial charge in [0.2, 0.25) is 5.78 Å². The summed E-state index contributed by atoms with van der Waals surface area (Å²) in [5.41, 5.74) is 0. The van der Waals surface area contributed by atoms with Crippen LogP contribution in [0, 0.1) is 0 Å². The Bertz CT molecular complexity index is 328. The summed E-state index contributed by atoms with van der Waals surface area (Å²) in [6, 6.07) is 0. The monoisotopic (exact) mass is 283 g/mol. The molecule has 5 nitrogen and oxygen atoms in total. The molecule has 8 heteroatoms. The molecule has 0 aromatic heterocycles. The van der Waals surface area contributed by atoms with Gasteiger partial charge < -0.3 is 9.47 Å². The van der Waals surface area contributed by atoms with Crippen molar-refractivity contribution in [2.24, 2.45) is 4.99 Å². The Morgan fingerprint density at radius 1 is 1.26 bits per heavy atom. The van der Waals surface area contributed by atoms with Crippen LogP contribution in [-0.4, -0.2) is 50.0 Å². The molecular weight excluding hydrogens is 267 g/mol. The molecular formula is C11H16F3NO4. The van der Waals surface area contributed by atoms with E-state index < -0.39 is 30.5 Å². The molecule has 0 aliphatic rings. The number of ketones is 1. The van der Waals surface area contributed by atoms with Crippen molar-refractivity contribution < 1.29 is 32.2 Å². The Balaban J connectivity index is 4.25. The third-order valence-electron chi connectivity index (χ3n) is 1.91. The van der Waals surface area contributed by atoms with E-state index >= 15 is 0 Å². The molecule has 0 fully saturated rings. The quantitative estimate of drug-likeness (QED) is 0.501. The minimum atomic E-state index is -4.87. The van der Waals surface area contributed by atoms with Crippen LogP contribution in [0.4, 0.5) is 13.2 Å². The van der Waals surface area contributed by atoms with E-state index in [4.69, 9.17) is 9.47 Å². The van der Waals surface area contributed by atoms with Crippen molar-refractivity contribution in [3.63, 3.8) is 0 Å². The standard InChI is InChI=1S/C11H16F3NO4/c1-3-18-8(10(17)19-4-2)7-15-6-5-9(16)11(12,13)14/h6,8H,3-5,7H2,1-2H3. The van der Waals surface area contributed by atoms with E-state index in [1.54, 1.807) is 13.8 Å². The van der Waals surface area contributed by atoms with Crippen molar-refractivity contribution in [3.8, 4) is 0 Å². The van der Waals surface area contributed by atoms with Crippen LogP contribution < -0.4 is 0 Å². The smallest absolute Gasteiger partial charge is 0.450 e. The first kappa shape index (κ1) is 17.6. The summed E-state index contributed by atoms with van der Waals surface area (Å²) in [6.45, 7) is 3.49. The van der Waals surface area contributed by atoms with Gasteiger partial charge in [0.1, 0.15) is 0 Å². The van der Waals surface area contributed by atoms with Gasteiger partial charge in [-0.3, -0.25) is 9.79 Å². The summed E-state index contributed by atoms with van der Waals surface area (Å²) in [4.78, 5) is 25.5. The number of Topliss-reactive ketones (excluding diaryl/α,β-unsaturated/α-hetero) is 1. The molecule has 0 saturated heterocycles. The van der Waals surface area contributed by atoms with Gasteiger partial charge in [-0.2, -0.15) is 13.2 Å². The lowest BCUT2D eigenvalue weighted by Gasteiger charge is -2.12. The minimum absolute atomic E-state index is 0.165. The minimum Gasteiger partial charge on any atom is -0.464 e. The molecule has 0 bridgehead atoms. The summed E-state index contributed by atoms with van der Waals surface area (Å²) in [6.07, 6.45) is -5.87. The lowest BCUT2D eigenvalue weighted by Crippen LogP contribution is -2.29. The Labute approximate surface area is 108 Å². The first-order valence-electron chi connectivity index (χ1n) is 5.69. The van der Waals surface area contributed by atoms with E-state index in [1.165, 1.54) is 0 Å². The molecule has 0 saturated carbocycles. The fourth-order valence-electron chi connectivity index (χ4n) is 1.07. The van der Waals surface area contributed by atoms with Crippen LogP contribution in [0.2, 0.25) is 0 Å². The molecule has 0 heterocycles. The fourth-order valence-corrected chi connectivity index (χ4v) is 1.07. The van der Waals surface area contributed by atoms with Crippen LogP contribution in [0.1, 0.15) is 20.3 Å². The third-order valence-corrected chi connectivity index (χ3v) is 1.91.